The quantitative estimate of drug-likeness (QED) is 0.368. The molecule has 164 valence electrons. The maximum Gasteiger partial charge on any atom is 0.291 e. The Labute approximate surface area is 190 Å². The van der Waals surface area contributed by atoms with Crippen LogP contribution in [0.25, 0.3) is 0 Å². The van der Waals surface area contributed by atoms with Gasteiger partial charge in [0.1, 0.15) is 23.9 Å². The number of nitrogens with one attached hydrogen (secondary N) is 1. The summed E-state index contributed by atoms with van der Waals surface area (Å²) < 4.78 is 18.5. The standard InChI is InChI=1S/C24H22ClN3O4/c1-2-30-20-7-9-21(10-8-20)31-16-22-11-12-23(32-22)24(29)27-19-13-26-28(15-19)14-17-3-5-18(25)6-4-17/h3-13,15H,2,14,16H2,1H3,(H,27,29). The van der Waals surface area contributed by atoms with Crippen molar-refractivity contribution in [1.82, 2.24) is 9.78 Å². The number of benzene rings is 2. The van der Waals surface area contributed by atoms with Gasteiger partial charge < -0.3 is 19.2 Å². The number of furan rings is 1. The largest absolute Gasteiger partial charge is 0.494 e. The number of ether oxygens (including phenoxy) is 2. The van der Waals surface area contributed by atoms with Crippen molar-refractivity contribution >= 4 is 23.2 Å². The third-order valence-electron chi connectivity index (χ3n) is 4.55. The SMILES string of the molecule is CCOc1ccc(OCc2ccc(C(=O)Nc3cnn(Cc4ccc(Cl)cc4)c3)o2)cc1. The number of aromatic nitrogens is 2. The zero-order valence-corrected chi connectivity index (χ0v) is 18.2. The first-order chi connectivity index (χ1) is 15.6. The van der Waals surface area contributed by atoms with E-state index in [0.29, 0.717) is 35.4 Å². The lowest BCUT2D eigenvalue weighted by molar-refractivity contribution is 0.0992. The number of rotatable bonds is 9. The van der Waals surface area contributed by atoms with Gasteiger partial charge in [0, 0.05) is 11.2 Å². The molecule has 0 aliphatic rings. The predicted octanol–water partition coefficient (Wildman–Crippen LogP) is 5.41. The van der Waals surface area contributed by atoms with Crippen LogP contribution in [0.2, 0.25) is 5.02 Å². The zero-order valence-electron chi connectivity index (χ0n) is 17.5. The number of nitrogens with zero attached hydrogens (tertiary/aromatic N) is 2. The molecule has 0 radical (unpaired) electrons. The fourth-order valence-electron chi connectivity index (χ4n) is 3.01. The smallest absolute Gasteiger partial charge is 0.291 e. The minimum atomic E-state index is -0.358. The molecule has 8 heteroatoms. The van der Waals surface area contributed by atoms with Crippen LogP contribution in [-0.2, 0) is 13.2 Å². The Kier molecular flexibility index (Phi) is 6.77. The normalized spacial score (nSPS) is 10.7. The molecule has 1 N–H and O–H groups in total. The molecule has 0 saturated heterocycles. The van der Waals surface area contributed by atoms with Gasteiger partial charge in [0.2, 0.25) is 0 Å². The van der Waals surface area contributed by atoms with Crippen LogP contribution in [0.4, 0.5) is 5.69 Å². The minimum Gasteiger partial charge on any atom is -0.494 e. The Morgan fingerprint density at radius 2 is 1.75 bits per heavy atom. The molecule has 0 saturated carbocycles. The number of anilines is 1. The van der Waals surface area contributed by atoms with Crippen molar-refractivity contribution in [2.24, 2.45) is 0 Å². The first-order valence-electron chi connectivity index (χ1n) is 10.1. The molecule has 0 atom stereocenters. The Morgan fingerprint density at radius 1 is 1.03 bits per heavy atom. The van der Waals surface area contributed by atoms with Crippen molar-refractivity contribution < 1.29 is 18.7 Å². The van der Waals surface area contributed by atoms with Gasteiger partial charge in [-0.2, -0.15) is 5.10 Å². The van der Waals surface area contributed by atoms with Gasteiger partial charge in [-0.05, 0) is 61.0 Å². The second-order valence-electron chi connectivity index (χ2n) is 6.97. The number of amides is 1. The highest BCUT2D eigenvalue weighted by molar-refractivity contribution is 6.30. The Morgan fingerprint density at radius 3 is 2.47 bits per heavy atom. The van der Waals surface area contributed by atoms with Gasteiger partial charge in [0.25, 0.3) is 5.91 Å². The maximum atomic E-state index is 12.5. The Balaban J connectivity index is 1.30. The lowest BCUT2D eigenvalue weighted by Gasteiger charge is -2.06. The molecule has 4 aromatic rings. The van der Waals surface area contributed by atoms with Gasteiger partial charge in [-0.15, -0.1) is 0 Å². The average molecular weight is 452 g/mol. The van der Waals surface area contributed by atoms with Crippen LogP contribution in [0.15, 0.2) is 77.5 Å². The first-order valence-corrected chi connectivity index (χ1v) is 10.5. The monoisotopic (exact) mass is 451 g/mol. The van der Waals surface area contributed by atoms with Gasteiger partial charge >= 0.3 is 0 Å². The van der Waals surface area contributed by atoms with E-state index in [2.05, 4.69) is 10.4 Å². The number of carbonyl (C=O) groups excluding carboxylic acids is 1. The van der Waals surface area contributed by atoms with E-state index in [1.165, 1.54) is 0 Å². The number of carbonyl (C=O) groups is 1. The molecule has 0 fully saturated rings. The Bertz CT molecular complexity index is 1170. The summed E-state index contributed by atoms with van der Waals surface area (Å²) in [5.41, 5.74) is 1.63. The van der Waals surface area contributed by atoms with E-state index in [1.54, 1.807) is 29.2 Å². The van der Waals surface area contributed by atoms with Crippen molar-refractivity contribution in [3.05, 3.63) is 95.2 Å². The van der Waals surface area contributed by atoms with Crippen LogP contribution < -0.4 is 14.8 Å². The van der Waals surface area contributed by atoms with Gasteiger partial charge in [0.15, 0.2) is 5.76 Å². The van der Waals surface area contributed by atoms with E-state index in [4.69, 9.17) is 25.5 Å². The van der Waals surface area contributed by atoms with E-state index < -0.39 is 0 Å². The summed E-state index contributed by atoms with van der Waals surface area (Å²) in [6, 6.07) is 18.2. The van der Waals surface area contributed by atoms with Crippen LogP contribution in [0.3, 0.4) is 0 Å². The molecule has 2 heterocycles. The van der Waals surface area contributed by atoms with Gasteiger partial charge in [-0.25, -0.2) is 0 Å². The maximum absolute atomic E-state index is 12.5. The van der Waals surface area contributed by atoms with Crippen LogP contribution in [-0.4, -0.2) is 22.3 Å². The van der Waals surface area contributed by atoms with Gasteiger partial charge in [0.05, 0.1) is 25.0 Å². The second kappa shape index (κ2) is 10.1. The molecular formula is C24H22ClN3O4. The lowest BCUT2D eigenvalue weighted by Crippen LogP contribution is -2.10. The van der Waals surface area contributed by atoms with E-state index in [0.717, 1.165) is 11.3 Å². The summed E-state index contributed by atoms with van der Waals surface area (Å²) >= 11 is 5.91. The molecule has 1 amide bonds. The summed E-state index contributed by atoms with van der Waals surface area (Å²) in [5.74, 6) is 1.85. The summed E-state index contributed by atoms with van der Waals surface area (Å²) in [6.45, 7) is 3.32. The van der Waals surface area contributed by atoms with Crippen LogP contribution >= 0.6 is 11.6 Å². The van der Waals surface area contributed by atoms with E-state index in [1.807, 2.05) is 55.5 Å². The first kappa shape index (κ1) is 21.5. The van der Waals surface area contributed by atoms with Crippen LogP contribution in [0.1, 0.15) is 28.8 Å². The van der Waals surface area contributed by atoms with Crippen molar-refractivity contribution in [1.29, 1.82) is 0 Å². The fraction of sp³-hybridized carbons (Fsp3) is 0.167. The summed E-state index contributed by atoms with van der Waals surface area (Å²) in [5, 5.41) is 7.75. The number of hydrogen-bond acceptors (Lipinski definition) is 5. The highest BCUT2D eigenvalue weighted by Crippen LogP contribution is 2.20. The molecule has 0 aliphatic heterocycles. The second-order valence-corrected chi connectivity index (χ2v) is 7.40. The zero-order chi connectivity index (χ0) is 22.3. The third kappa shape index (κ3) is 5.70. The van der Waals surface area contributed by atoms with Crippen molar-refractivity contribution in [3.8, 4) is 11.5 Å². The van der Waals surface area contributed by atoms with Crippen molar-refractivity contribution in [2.45, 2.75) is 20.1 Å². The van der Waals surface area contributed by atoms with E-state index >= 15 is 0 Å². The third-order valence-corrected chi connectivity index (χ3v) is 4.80. The molecule has 0 bridgehead atoms. The van der Waals surface area contributed by atoms with Crippen molar-refractivity contribution in [2.75, 3.05) is 11.9 Å². The molecule has 4 rings (SSSR count). The molecule has 32 heavy (non-hydrogen) atoms. The molecule has 0 spiro atoms. The minimum absolute atomic E-state index is 0.195. The van der Waals surface area contributed by atoms with Gasteiger partial charge in [-0.1, -0.05) is 23.7 Å². The molecule has 2 aromatic carbocycles. The van der Waals surface area contributed by atoms with E-state index in [-0.39, 0.29) is 18.3 Å². The lowest BCUT2D eigenvalue weighted by atomic mass is 10.2. The Hall–Kier alpha value is -3.71. The molecule has 2 aromatic heterocycles. The molecule has 7 nitrogen and oxygen atoms in total. The molecule has 0 unspecified atom stereocenters. The molecule has 0 aliphatic carbocycles. The summed E-state index contributed by atoms with van der Waals surface area (Å²) in [4.78, 5) is 12.5. The highest BCUT2D eigenvalue weighted by Gasteiger charge is 2.13. The predicted molar refractivity (Wildman–Crippen MR) is 121 cm³/mol. The number of hydrogen-bond donors (Lipinski definition) is 1. The van der Waals surface area contributed by atoms with E-state index in [9.17, 15) is 4.79 Å². The van der Waals surface area contributed by atoms with Crippen LogP contribution in [0, 0.1) is 0 Å². The highest BCUT2D eigenvalue weighted by atomic mass is 35.5. The topological polar surface area (TPSA) is 78.5 Å². The fourth-order valence-corrected chi connectivity index (χ4v) is 3.14. The van der Waals surface area contributed by atoms with Gasteiger partial charge in [-0.3, -0.25) is 9.48 Å². The van der Waals surface area contributed by atoms with Crippen molar-refractivity contribution in [3.63, 3.8) is 0 Å². The average Bonchev–Trinajstić information content (AvgIpc) is 3.45. The van der Waals surface area contributed by atoms with Crippen LogP contribution in [0.5, 0.6) is 11.5 Å². The number of halogens is 1. The summed E-state index contributed by atoms with van der Waals surface area (Å²) in [6.07, 6.45) is 3.35. The molecular weight excluding hydrogens is 430 g/mol. The summed E-state index contributed by atoms with van der Waals surface area (Å²) in [7, 11) is 0.